The molecule has 0 aromatic carbocycles. The Labute approximate surface area is 111 Å². The van der Waals surface area contributed by atoms with Crippen molar-refractivity contribution in [2.24, 2.45) is 0 Å². The Bertz CT molecular complexity index is 407. The van der Waals surface area contributed by atoms with Crippen LogP contribution in [-0.4, -0.2) is 25.1 Å². The number of carbonyl (C=O) groups is 1. The second-order valence-corrected chi connectivity index (χ2v) is 5.94. The number of rotatable bonds is 8. The molecule has 0 radical (unpaired) electrons. The third-order valence-electron chi connectivity index (χ3n) is 1.99. The summed E-state index contributed by atoms with van der Waals surface area (Å²) in [6.07, 6.45) is -0.868. The average Bonchev–Trinajstić information content (AvgIpc) is 2.81. The van der Waals surface area contributed by atoms with Crippen LogP contribution in [-0.2, 0) is 18.1 Å². The minimum atomic E-state index is -3.65. The van der Waals surface area contributed by atoms with Gasteiger partial charge in [0.05, 0.1) is 18.1 Å². The number of Topliss-reactive ketones (excluding diaryl/α,β-unsaturated/α-hetero) is 1. The van der Waals surface area contributed by atoms with Gasteiger partial charge in [-0.1, -0.05) is 6.07 Å². The van der Waals surface area contributed by atoms with Crippen molar-refractivity contribution in [2.75, 3.05) is 13.2 Å². The van der Waals surface area contributed by atoms with Crippen LogP contribution in [0.4, 0.5) is 0 Å². The molecule has 0 fully saturated rings. The zero-order valence-electron chi connectivity index (χ0n) is 10.6. The van der Waals surface area contributed by atoms with Crippen molar-refractivity contribution in [2.45, 2.75) is 26.9 Å². The highest BCUT2D eigenvalue weighted by Crippen LogP contribution is 2.50. The molecule has 1 rings (SSSR count). The minimum Gasteiger partial charge on any atom is -0.290 e. The standard InChI is InChI=1S/C11H17O5PS/c1-4-14-17(13,15-5-2)16-9(3)11(12)10-7-6-8-18-10/h6-9H,4-5H2,1-3H3. The summed E-state index contributed by atoms with van der Waals surface area (Å²) >= 11 is 1.31. The van der Waals surface area contributed by atoms with Gasteiger partial charge in [0.15, 0.2) is 0 Å². The van der Waals surface area contributed by atoms with Crippen molar-refractivity contribution < 1.29 is 22.9 Å². The van der Waals surface area contributed by atoms with Gasteiger partial charge >= 0.3 is 7.82 Å². The molecule has 0 N–H and O–H groups in total. The Morgan fingerprint density at radius 1 is 1.39 bits per heavy atom. The minimum absolute atomic E-state index is 0.192. The molecule has 0 aliphatic carbocycles. The van der Waals surface area contributed by atoms with Crippen LogP contribution < -0.4 is 0 Å². The van der Waals surface area contributed by atoms with Crippen molar-refractivity contribution in [1.82, 2.24) is 0 Å². The summed E-state index contributed by atoms with van der Waals surface area (Å²) in [5, 5.41) is 1.80. The van der Waals surface area contributed by atoms with Crippen molar-refractivity contribution in [1.29, 1.82) is 0 Å². The number of thiophene rings is 1. The molecule has 0 spiro atoms. The molecule has 1 unspecified atom stereocenters. The van der Waals surface area contributed by atoms with Crippen LogP contribution in [0.1, 0.15) is 30.4 Å². The number of carbonyl (C=O) groups excluding carboxylic acids is 1. The second-order valence-electron chi connectivity index (χ2n) is 3.37. The van der Waals surface area contributed by atoms with Crippen molar-refractivity contribution in [3.63, 3.8) is 0 Å². The molecule has 5 nitrogen and oxygen atoms in total. The van der Waals surface area contributed by atoms with Crippen LogP contribution in [0.3, 0.4) is 0 Å². The van der Waals surface area contributed by atoms with Gasteiger partial charge < -0.3 is 0 Å². The number of phosphoric acid groups is 1. The van der Waals surface area contributed by atoms with E-state index in [-0.39, 0.29) is 19.0 Å². The lowest BCUT2D eigenvalue weighted by atomic mass is 10.2. The maximum atomic E-state index is 12.1. The van der Waals surface area contributed by atoms with E-state index < -0.39 is 13.9 Å². The third kappa shape index (κ3) is 4.30. The largest absolute Gasteiger partial charge is 0.475 e. The van der Waals surface area contributed by atoms with E-state index in [1.807, 2.05) is 0 Å². The summed E-state index contributed by atoms with van der Waals surface area (Å²) in [5.74, 6) is -0.232. The first-order chi connectivity index (χ1) is 8.52. The molecule has 0 saturated heterocycles. The van der Waals surface area contributed by atoms with Gasteiger partial charge in [-0.3, -0.25) is 18.4 Å². The quantitative estimate of drug-likeness (QED) is 0.542. The van der Waals surface area contributed by atoms with Crippen LogP contribution in [0.15, 0.2) is 17.5 Å². The van der Waals surface area contributed by atoms with Gasteiger partial charge in [-0.15, -0.1) is 11.3 Å². The summed E-state index contributed by atoms with van der Waals surface area (Å²) < 4.78 is 27.2. The Hall–Kier alpha value is -0.520. The average molecular weight is 292 g/mol. The highest BCUT2D eigenvalue weighted by Gasteiger charge is 2.31. The Morgan fingerprint density at radius 2 is 2.00 bits per heavy atom. The smallest absolute Gasteiger partial charge is 0.290 e. The molecule has 0 aliphatic heterocycles. The fourth-order valence-electron chi connectivity index (χ4n) is 1.27. The maximum Gasteiger partial charge on any atom is 0.475 e. The second kappa shape index (κ2) is 7.16. The van der Waals surface area contributed by atoms with E-state index >= 15 is 0 Å². The first-order valence-electron chi connectivity index (χ1n) is 5.67. The highest BCUT2D eigenvalue weighted by atomic mass is 32.1. The van der Waals surface area contributed by atoms with E-state index in [1.165, 1.54) is 18.3 Å². The summed E-state index contributed by atoms with van der Waals surface area (Å²) in [7, 11) is -3.65. The van der Waals surface area contributed by atoms with Crippen LogP contribution in [0.5, 0.6) is 0 Å². The zero-order valence-corrected chi connectivity index (χ0v) is 12.3. The molecule has 7 heteroatoms. The summed E-state index contributed by atoms with van der Waals surface area (Å²) in [5.41, 5.74) is 0. The van der Waals surface area contributed by atoms with Crippen molar-refractivity contribution in [3.05, 3.63) is 22.4 Å². The van der Waals surface area contributed by atoms with Gasteiger partial charge in [0.1, 0.15) is 6.10 Å². The van der Waals surface area contributed by atoms with Gasteiger partial charge in [0.2, 0.25) is 5.78 Å². The number of ketones is 1. The van der Waals surface area contributed by atoms with E-state index in [0.29, 0.717) is 4.88 Å². The van der Waals surface area contributed by atoms with Gasteiger partial charge in [-0.25, -0.2) is 4.57 Å². The zero-order chi connectivity index (χ0) is 13.6. The normalized spacial score (nSPS) is 13.5. The lowest BCUT2D eigenvalue weighted by Gasteiger charge is -2.19. The van der Waals surface area contributed by atoms with E-state index in [1.54, 1.807) is 31.4 Å². The molecule has 0 aliphatic rings. The molecular formula is C11H17O5PS. The fraction of sp³-hybridized carbons (Fsp3) is 0.545. The maximum absolute atomic E-state index is 12.1. The van der Waals surface area contributed by atoms with E-state index in [2.05, 4.69) is 0 Å². The lowest BCUT2D eigenvalue weighted by Crippen LogP contribution is -2.20. The SMILES string of the molecule is CCOP(=O)(OCC)OC(C)C(=O)c1cccs1. The van der Waals surface area contributed by atoms with Crippen LogP contribution in [0.25, 0.3) is 0 Å². The van der Waals surface area contributed by atoms with E-state index in [0.717, 1.165) is 0 Å². The molecule has 1 heterocycles. The monoisotopic (exact) mass is 292 g/mol. The van der Waals surface area contributed by atoms with Crippen LogP contribution >= 0.6 is 19.2 Å². The van der Waals surface area contributed by atoms with Gasteiger partial charge in [0, 0.05) is 0 Å². The van der Waals surface area contributed by atoms with E-state index in [4.69, 9.17) is 13.6 Å². The number of hydrogen-bond acceptors (Lipinski definition) is 6. The molecule has 0 saturated carbocycles. The lowest BCUT2D eigenvalue weighted by molar-refractivity contribution is 0.0641. The molecule has 1 aromatic rings. The van der Waals surface area contributed by atoms with Gasteiger partial charge in [-0.2, -0.15) is 0 Å². The highest BCUT2D eigenvalue weighted by molar-refractivity contribution is 7.48. The predicted molar refractivity (Wildman–Crippen MR) is 70.1 cm³/mol. The Balaban J connectivity index is 2.69. The van der Waals surface area contributed by atoms with Crippen LogP contribution in [0.2, 0.25) is 0 Å². The summed E-state index contributed by atoms with van der Waals surface area (Å²) in [4.78, 5) is 12.5. The molecule has 102 valence electrons. The van der Waals surface area contributed by atoms with Gasteiger partial charge in [-0.05, 0) is 32.2 Å². The van der Waals surface area contributed by atoms with Crippen molar-refractivity contribution in [3.8, 4) is 0 Å². The van der Waals surface area contributed by atoms with Crippen molar-refractivity contribution >= 4 is 24.9 Å². The summed E-state index contributed by atoms with van der Waals surface area (Å²) in [6, 6.07) is 3.47. The number of hydrogen-bond donors (Lipinski definition) is 0. The fourth-order valence-corrected chi connectivity index (χ4v) is 3.33. The Kier molecular flexibility index (Phi) is 6.18. The first kappa shape index (κ1) is 15.5. The number of phosphoric ester groups is 1. The first-order valence-corrected chi connectivity index (χ1v) is 8.01. The van der Waals surface area contributed by atoms with Gasteiger partial charge in [0.25, 0.3) is 0 Å². The molecule has 0 amide bonds. The molecule has 18 heavy (non-hydrogen) atoms. The molecule has 1 atom stereocenters. The third-order valence-corrected chi connectivity index (χ3v) is 4.60. The van der Waals surface area contributed by atoms with Crippen LogP contribution in [0, 0.1) is 0 Å². The predicted octanol–water partition coefficient (Wildman–Crippen LogP) is 3.52. The van der Waals surface area contributed by atoms with E-state index in [9.17, 15) is 9.36 Å². The topological polar surface area (TPSA) is 61.8 Å². The molecule has 0 bridgehead atoms. The summed E-state index contributed by atoms with van der Waals surface area (Å²) in [6.45, 7) is 5.28. The molecule has 1 aromatic heterocycles. The Morgan fingerprint density at radius 3 is 2.44 bits per heavy atom. The molecular weight excluding hydrogens is 275 g/mol.